The number of rotatable bonds is 7. The van der Waals surface area contributed by atoms with Gasteiger partial charge in [-0.1, -0.05) is 29.5 Å². The summed E-state index contributed by atoms with van der Waals surface area (Å²) in [6.45, 7) is 7.20. The highest BCUT2D eigenvalue weighted by Gasteiger charge is 2.23. The number of hydrogen-bond acceptors (Lipinski definition) is 6. The number of aryl methyl sites for hydroxylation is 1. The summed E-state index contributed by atoms with van der Waals surface area (Å²) in [6.07, 6.45) is 2.91. The molecule has 3 aromatic rings. The van der Waals surface area contributed by atoms with Crippen LogP contribution in [0.3, 0.4) is 0 Å². The van der Waals surface area contributed by atoms with Gasteiger partial charge in [-0.15, -0.1) is 11.8 Å². The van der Waals surface area contributed by atoms with E-state index < -0.39 is 0 Å². The van der Waals surface area contributed by atoms with Crippen molar-refractivity contribution in [3.63, 3.8) is 0 Å². The van der Waals surface area contributed by atoms with Crippen LogP contribution in [0.25, 0.3) is 10.2 Å². The number of amides is 1. The molecule has 1 aliphatic rings. The highest BCUT2D eigenvalue weighted by atomic mass is 32.2. The molecular weight excluding hydrogens is 414 g/mol. The van der Waals surface area contributed by atoms with Crippen molar-refractivity contribution in [2.75, 3.05) is 50.5 Å². The molecule has 1 aliphatic heterocycles. The van der Waals surface area contributed by atoms with Gasteiger partial charge in [0.2, 0.25) is 0 Å². The van der Waals surface area contributed by atoms with Crippen LogP contribution in [0.1, 0.15) is 22.3 Å². The maximum Gasteiger partial charge on any atom is 0.261 e. The van der Waals surface area contributed by atoms with Gasteiger partial charge in [-0.3, -0.25) is 14.6 Å². The van der Waals surface area contributed by atoms with Gasteiger partial charge in [0.25, 0.3) is 5.91 Å². The first-order valence-electron chi connectivity index (χ1n) is 10.3. The standard InChI is InChI=1S/C23H27N3O2S2/c1-17-8-9-19-21(16-17)30-23(24-19)26(11-5-10-25-12-14-28-15-13-25)22(27)18-6-3-4-7-20(18)29-2/h3-4,6-9,16H,5,10-15H2,1-2H3. The fourth-order valence-corrected chi connectivity index (χ4v) is 5.34. The van der Waals surface area contributed by atoms with Crippen molar-refractivity contribution in [3.8, 4) is 0 Å². The van der Waals surface area contributed by atoms with E-state index >= 15 is 0 Å². The molecule has 0 bridgehead atoms. The zero-order valence-electron chi connectivity index (χ0n) is 17.5. The first-order valence-corrected chi connectivity index (χ1v) is 12.3. The van der Waals surface area contributed by atoms with Crippen molar-refractivity contribution in [1.82, 2.24) is 9.88 Å². The number of aromatic nitrogens is 1. The third-order valence-electron chi connectivity index (χ3n) is 5.31. The van der Waals surface area contributed by atoms with Gasteiger partial charge < -0.3 is 4.74 Å². The molecule has 1 saturated heterocycles. The molecule has 0 N–H and O–H groups in total. The van der Waals surface area contributed by atoms with E-state index in [1.54, 1.807) is 23.1 Å². The predicted molar refractivity (Wildman–Crippen MR) is 126 cm³/mol. The fraction of sp³-hybridized carbons (Fsp3) is 0.391. The third-order valence-corrected chi connectivity index (χ3v) is 7.14. The molecule has 0 aliphatic carbocycles. The number of nitrogens with zero attached hydrogens (tertiary/aromatic N) is 3. The molecule has 2 aromatic carbocycles. The monoisotopic (exact) mass is 441 g/mol. The molecule has 0 atom stereocenters. The highest BCUT2D eigenvalue weighted by Crippen LogP contribution is 2.32. The van der Waals surface area contributed by atoms with Crippen molar-refractivity contribution in [3.05, 3.63) is 53.6 Å². The lowest BCUT2D eigenvalue weighted by Gasteiger charge is -2.28. The van der Waals surface area contributed by atoms with Gasteiger partial charge in [0.1, 0.15) is 0 Å². The number of benzene rings is 2. The summed E-state index contributed by atoms with van der Waals surface area (Å²) in [4.78, 5) is 23.7. The number of carbonyl (C=O) groups excluding carboxylic acids is 1. The zero-order valence-corrected chi connectivity index (χ0v) is 19.1. The molecule has 0 spiro atoms. The Kier molecular flexibility index (Phi) is 7.04. The lowest BCUT2D eigenvalue weighted by Crippen LogP contribution is -2.39. The Balaban J connectivity index is 1.60. The highest BCUT2D eigenvalue weighted by molar-refractivity contribution is 7.98. The Labute approximate surface area is 186 Å². The minimum atomic E-state index is 0.0257. The van der Waals surface area contributed by atoms with E-state index in [4.69, 9.17) is 9.72 Å². The molecule has 0 radical (unpaired) electrons. The zero-order chi connectivity index (χ0) is 20.9. The molecule has 1 aromatic heterocycles. The van der Waals surface area contributed by atoms with Crippen LogP contribution in [-0.4, -0.2) is 61.4 Å². The van der Waals surface area contributed by atoms with Crippen LogP contribution >= 0.6 is 23.1 Å². The Hall–Kier alpha value is -1.93. The smallest absolute Gasteiger partial charge is 0.261 e. The summed E-state index contributed by atoms with van der Waals surface area (Å²) in [7, 11) is 0. The summed E-state index contributed by atoms with van der Waals surface area (Å²) < 4.78 is 6.56. The van der Waals surface area contributed by atoms with Crippen molar-refractivity contribution < 1.29 is 9.53 Å². The van der Waals surface area contributed by atoms with Crippen LogP contribution in [0.2, 0.25) is 0 Å². The van der Waals surface area contributed by atoms with Crippen molar-refractivity contribution in [2.24, 2.45) is 0 Å². The summed E-state index contributed by atoms with van der Waals surface area (Å²) in [5.41, 5.74) is 2.90. The molecule has 30 heavy (non-hydrogen) atoms. The van der Waals surface area contributed by atoms with Gasteiger partial charge in [0.05, 0.1) is 29.0 Å². The van der Waals surface area contributed by atoms with Crippen LogP contribution in [0.4, 0.5) is 5.13 Å². The van der Waals surface area contributed by atoms with Gasteiger partial charge >= 0.3 is 0 Å². The number of thiazole rings is 1. The van der Waals surface area contributed by atoms with Crippen LogP contribution in [0.5, 0.6) is 0 Å². The van der Waals surface area contributed by atoms with Crippen molar-refractivity contribution >= 4 is 44.4 Å². The third kappa shape index (κ3) is 4.86. The Morgan fingerprint density at radius 2 is 2.03 bits per heavy atom. The first kappa shape index (κ1) is 21.3. The lowest BCUT2D eigenvalue weighted by molar-refractivity contribution is 0.0376. The number of ether oxygens (including phenoxy) is 1. The average Bonchev–Trinajstić information content (AvgIpc) is 3.19. The number of hydrogen-bond donors (Lipinski definition) is 0. The van der Waals surface area contributed by atoms with Gasteiger partial charge in [-0.2, -0.15) is 0 Å². The van der Waals surface area contributed by atoms with Gasteiger partial charge in [-0.25, -0.2) is 4.98 Å². The van der Waals surface area contributed by atoms with E-state index in [0.29, 0.717) is 6.54 Å². The minimum absolute atomic E-state index is 0.0257. The fourth-order valence-electron chi connectivity index (χ4n) is 3.66. The van der Waals surface area contributed by atoms with E-state index in [9.17, 15) is 4.79 Å². The molecule has 158 valence electrons. The molecule has 1 fully saturated rings. The van der Waals surface area contributed by atoms with Gasteiger partial charge in [-0.05, 0) is 49.4 Å². The van der Waals surface area contributed by atoms with E-state index in [1.165, 1.54) is 5.56 Å². The molecule has 4 rings (SSSR count). The van der Waals surface area contributed by atoms with E-state index in [2.05, 4.69) is 24.0 Å². The molecule has 0 saturated carbocycles. The lowest BCUT2D eigenvalue weighted by atomic mass is 10.2. The summed E-state index contributed by atoms with van der Waals surface area (Å²) in [5.74, 6) is 0.0257. The van der Waals surface area contributed by atoms with Crippen LogP contribution in [0, 0.1) is 6.92 Å². The molecule has 5 nitrogen and oxygen atoms in total. The number of carbonyl (C=O) groups is 1. The van der Waals surface area contributed by atoms with Crippen LogP contribution < -0.4 is 4.90 Å². The molecular formula is C23H27N3O2S2. The van der Waals surface area contributed by atoms with Gasteiger partial charge in [0.15, 0.2) is 5.13 Å². The summed E-state index contributed by atoms with van der Waals surface area (Å²) >= 11 is 3.20. The first-order chi connectivity index (χ1) is 14.7. The van der Waals surface area contributed by atoms with E-state index in [0.717, 1.165) is 65.1 Å². The van der Waals surface area contributed by atoms with Crippen molar-refractivity contribution in [2.45, 2.75) is 18.2 Å². The maximum atomic E-state index is 13.6. The number of morpholine rings is 1. The van der Waals surface area contributed by atoms with E-state index in [1.807, 2.05) is 41.5 Å². The summed E-state index contributed by atoms with van der Waals surface area (Å²) in [5, 5.41) is 0.776. The maximum absolute atomic E-state index is 13.6. The molecule has 0 unspecified atom stereocenters. The topological polar surface area (TPSA) is 45.7 Å². The number of thioether (sulfide) groups is 1. The largest absolute Gasteiger partial charge is 0.379 e. The predicted octanol–water partition coefficient (Wildman–Crippen LogP) is 4.70. The summed E-state index contributed by atoms with van der Waals surface area (Å²) in [6, 6.07) is 14.1. The molecule has 1 amide bonds. The second-order valence-electron chi connectivity index (χ2n) is 7.43. The van der Waals surface area contributed by atoms with Crippen LogP contribution in [0.15, 0.2) is 47.4 Å². The Morgan fingerprint density at radius 1 is 1.23 bits per heavy atom. The second-order valence-corrected chi connectivity index (χ2v) is 9.29. The van der Waals surface area contributed by atoms with Crippen LogP contribution in [-0.2, 0) is 4.74 Å². The Morgan fingerprint density at radius 3 is 2.83 bits per heavy atom. The normalized spacial score (nSPS) is 14.9. The second kappa shape index (κ2) is 9.92. The quantitative estimate of drug-likeness (QED) is 0.498. The van der Waals surface area contributed by atoms with Gasteiger partial charge in [0, 0.05) is 31.1 Å². The van der Waals surface area contributed by atoms with Crippen molar-refractivity contribution in [1.29, 1.82) is 0 Å². The number of fused-ring (bicyclic) bond motifs is 1. The number of anilines is 1. The average molecular weight is 442 g/mol. The molecule has 7 heteroatoms. The minimum Gasteiger partial charge on any atom is -0.379 e. The van der Waals surface area contributed by atoms with E-state index in [-0.39, 0.29) is 5.91 Å². The molecule has 2 heterocycles. The Bertz CT molecular complexity index is 1010. The SMILES string of the molecule is CSc1ccccc1C(=O)N(CCCN1CCOCC1)c1nc2ccc(C)cc2s1.